The molecule has 0 atom stereocenters. The van der Waals surface area contributed by atoms with Crippen LogP contribution in [0.3, 0.4) is 0 Å². The highest BCUT2D eigenvalue weighted by atomic mass is 35.5. The molecule has 200 valence electrons. The molecule has 1 aromatic carbocycles. The number of hydrogen-bond acceptors (Lipinski definition) is 5. The number of nitrogens with two attached hydrogens (primary N) is 2. The summed E-state index contributed by atoms with van der Waals surface area (Å²) in [5.41, 5.74) is 12.4. The molecule has 0 spiro atoms. The van der Waals surface area contributed by atoms with Gasteiger partial charge >= 0.3 is 0 Å². The summed E-state index contributed by atoms with van der Waals surface area (Å²) >= 11 is 5.64. The molecule has 8 heteroatoms. The van der Waals surface area contributed by atoms with Crippen molar-refractivity contribution in [1.29, 1.82) is 0 Å². The number of benzene rings is 1. The topological polar surface area (TPSA) is 121 Å². The zero-order valence-electron chi connectivity index (χ0n) is 21.4. The number of nitrogen functional groups attached to an aromatic ring is 2. The summed E-state index contributed by atoms with van der Waals surface area (Å²) < 4.78 is 0. The molecule has 2 rings (SSSR count). The van der Waals surface area contributed by atoms with Crippen molar-refractivity contribution in [1.82, 2.24) is 4.98 Å². The molecule has 1 aromatic heterocycles. The normalized spacial score (nSPS) is 10.2. The molecule has 0 bridgehead atoms. The molecule has 0 aliphatic carbocycles. The highest BCUT2D eigenvalue weighted by molar-refractivity contribution is 6.17. The van der Waals surface area contributed by atoms with E-state index in [1.165, 1.54) is 89.9 Å². The Kier molecular flexibility index (Phi) is 25.4. The number of aromatic nitrogens is 1. The van der Waals surface area contributed by atoms with Crippen LogP contribution >= 0.6 is 24.0 Å². The minimum absolute atomic E-state index is 0. The lowest BCUT2D eigenvalue weighted by molar-refractivity contribution is 0.538. The first-order valence-corrected chi connectivity index (χ1v) is 13.3. The molecule has 0 aliphatic heterocycles. The van der Waals surface area contributed by atoms with Gasteiger partial charge in [-0.3, -0.25) is 0 Å². The van der Waals surface area contributed by atoms with E-state index in [2.05, 4.69) is 22.1 Å². The molecule has 0 saturated heterocycles. The van der Waals surface area contributed by atoms with Crippen molar-refractivity contribution in [2.45, 2.75) is 96.8 Å². The molecule has 0 saturated carbocycles. The van der Waals surface area contributed by atoms with Crippen LogP contribution in [0.15, 0.2) is 52.7 Å². The number of halogens is 2. The SMILES string of the molecule is CCCCCCCCCCCCCCCCCl.Cl.Nc1ccc(N=Nc2ccccc2)c(N)n1.O. The Bertz CT molecular complexity index is 734. The van der Waals surface area contributed by atoms with E-state index in [1.54, 1.807) is 12.1 Å². The number of anilines is 2. The van der Waals surface area contributed by atoms with Crippen LogP contribution < -0.4 is 11.5 Å². The van der Waals surface area contributed by atoms with Crippen molar-refractivity contribution in [2.24, 2.45) is 10.2 Å². The summed E-state index contributed by atoms with van der Waals surface area (Å²) in [6.45, 7) is 2.28. The van der Waals surface area contributed by atoms with Gasteiger partial charge in [0.15, 0.2) is 5.82 Å². The van der Waals surface area contributed by atoms with Crippen LogP contribution in [0, 0.1) is 0 Å². The van der Waals surface area contributed by atoms with Gasteiger partial charge in [-0.1, -0.05) is 109 Å². The minimum atomic E-state index is 0. The van der Waals surface area contributed by atoms with Crippen molar-refractivity contribution in [3.8, 4) is 0 Å². The fourth-order valence-corrected chi connectivity index (χ4v) is 3.65. The second-order valence-corrected chi connectivity index (χ2v) is 8.84. The summed E-state index contributed by atoms with van der Waals surface area (Å²) in [4.78, 5) is 3.89. The van der Waals surface area contributed by atoms with Crippen molar-refractivity contribution in [2.75, 3.05) is 17.3 Å². The Hall–Kier alpha value is -1.89. The molecule has 2 aromatic rings. The predicted molar refractivity (Wildman–Crippen MR) is 156 cm³/mol. The molecule has 35 heavy (non-hydrogen) atoms. The van der Waals surface area contributed by atoms with Crippen molar-refractivity contribution < 1.29 is 5.48 Å². The van der Waals surface area contributed by atoms with Gasteiger partial charge in [-0.05, 0) is 30.7 Å². The fourth-order valence-electron chi connectivity index (χ4n) is 3.46. The highest BCUT2D eigenvalue weighted by Crippen LogP contribution is 2.23. The van der Waals surface area contributed by atoms with E-state index in [9.17, 15) is 0 Å². The van der Waals surface area contributed by atoms with Gasteiger partial charge in [-0.25, -0.2) is 4.98 Å². The predicted octanol–water partition coefficient (Wildman–Crippen LogP) is 8.97. The Balaban J connectivity index is 0. The van der Waals surface area contributed by atoms with Crippen LogP contribution in [0.1, 0.15) is 96.8 Å². The molecular weight excluding hydrogens is 481 g/mol. The van der Waals surface area contributed by atoms with Gasteiger partial charge in [0.25, 0.3) is 0 Å². The van der Waals surface area contributed by atoms with Crippen molar-refractivity contribution >= 4 is 47.0 Å². The van der Waals surface area contributed by atoms with E-state index in [-0.39, 0.29) is 23.7 Å². The molecule has 0 unspecified atom stereocenters. The maximum atomic E-state index is 5.64. The van der Waals surface area contributed by atoms with Gasteiger partial charge in [-0.2, -0.15) is 5.11 Å². The van der Waals surface area contributed by atoms with Crippen LogP contribution in [-0.4, -0.2) is 16.3 Å². The average Bonchev–Trinajstić information content (AvgIpc) is 2.83. The lowest BCUT2D eigenvalue weighted by Crippen LogP contribution is -1.95. The third-order valence-electron chi connectivity index (χ3n) is 5.44. The summed E-state index contributed by atoms with van der Waals surface area (Å²) in [5.74, 6) is 1.49. The number of unbranched alkanes of at least 4 members (excludes halogenated alkanes) is 13. The maximum Gasteiger partial charge on any atom is 0.153 e. The lowest BCUT2D eigenvalue weighted by atomic mass is 10.0. The van der Waals surface area contributed by atoms with Gasteiger partial charge < -0.3 is 16.9 Å². The first kappa shape index (κ1) is 35.3. The molecular formula is C27H47Cl2N5O. The zero-order chi connectivity index (χ0) is 24.0. The number of nitrogens with zero attached hydrogens (tertiary/aromatic N) is 3. The monoisotopic (exact) mass is 527 g/mol. The number of rotatable bonds is 16. The average molecular weight is 529 g/mol. The molecule has 0 amide bonds. The third kappa shape index (κ3) is 20.0. The number of azo groups is 1. The lowest BCUT2D eigenvalue weighted by Gasteiger charge is -2.02. The maximum absolute atomic E-state index is 5.64. The van der Waals surface area contributed by atoms with E-state index in [1.807, 2.05) is 30.3 Å². The van der Waals surface area contributed by atoms with E-state index in [4.69, 9.17) is 23.1 Å². The molecule has 0 fully saturated rings. The second kappa shape index (κ2) is 25.2. The quantitative estimate of drug-likeness (QED) is 0.128. The summed E-state index contributed by atoms with van der Waals surface area (Å²) in [6.07, 6.45) is 19.8. The molecule has 6 nitrogen and oxygen atoms in total. The molecule has 0 radical (unpaired) electrons. The van der Waals surface area contributed by atoms with E-state index >= 15 is 0 Å². The third-order valence-corrected chi connectivity index (χ3v) is 5.71. The van der Waals surface area contributed by atoms with Gasteiger partial charge in [0.2, 0.25) is 0 Å². The number of pyridine rings is 1. The smallest absolute Gasteiger partial charge is 0.153 e. The summed E-state index contributed by atoms with van der Waals surface area (Å²) in [7, 11) is 0. The number of hydrogen-bond donors (Lipinski definition) is 2. The Morgan fingerprint density at radius 1 is 0.686 bits per heavy atom. The van der Waals surface area contributed by atoms with Crippen LogP contribution in [0.4, 0.5) is 23.0 Å². The first-order chi connectivity index (χ1) is 16.2. The molecule has 1 heterocycles. The number of alkyl halides is 1. The Morgan fingerprint density at radius 2 is 1.17 bits per heavy atom. The Labute approximate surface area is 224 Å². The largest absolute Gasteiger partial charge is 0.412 e. The van der Waals surface area contributed by atoms with E-state index < -0.39 is 0 Å². The molecule has 6 N–H and O–H groups in total. The van der Waals surface area contributed by atoms with Crippen LogP contribution in [-0.2, 0) is 0 Å². The first-order valence-electron chi connectivity index (χ1n) is 12.7. The van der Waals surface area contributed by atoms with Gasteiger partial charge in [0.1, 0.15) is 11.5 Å². The van der Waals surface area contributed by atoms with Crippen LogP contribution in [0.5, 0.6) is 0 Å². The van der Waals surface area contributed by atoms with Gasteiger partial charge in [0, 0.05) is 5.88 Å². The fraction of sp³-hybridized carbons (Fsp3) is 0.593. The summed E-state index contributed by atoms with van der Waals surface area (Å²) in [5, 5.41) is 8.03. The van der Waals surface area contributed by atoms with E-state index in [0.717, 1.165) is 11.6 Å². The van der Waals surface area contributed by atoms with Crippen LogP contribution in [0.25, 0.3) is 0 Å². The van der Waals surface area contributed by atoms with Crippen LogP contribution in [0.2, 0.25) is 0 Å². The van der Waals surface area contributed by atoms with Crippen molar-refractivity contribution in [3.63, 3.8) is 0 Å². The standard InChI is InChI=1S/C16H33Cl.C11H11N5.ClH.H2O/c1-2-3-4-5-6-7-8-9-10-11-12-13-14-15-16-17;12-10-7-6-9(11(13)14-10)16-15-8-4-2-1-3-5-8;;/h2-16H2,1H3;1-7H,(H4,12,13,14);1H;1H2. The zero-order valence-corrected chi connectivity index (χ0v) is 23.0. The Morgan fingerprint density at radius 3 is 1.63 bits per heavy atom. The van der Waals surface area contributed by atoms with Gasteiger partial charge in [0.05, 0.1) is 5.69 Å². The minimum Gasteiger partial charge on any atom is -0.412 e. The van der Waals surface area contributed by atoms with Crippen molar-refractivity contribution in [3.05, 3.63) is 42.5 Å². The van der Waals surface area contributed by atoms with E-state index in [0.29, 0.717) is 11.5 Å². The highest BCUT2D eigenvalue weighted by Gasteiger charge is 1.99. The second-order valence-electron chi connectivity index (χ2n) is 8.46. The van der Waals surface area contributed by atoms with Gasteiger partial charge in [-0.15, -0.1) is 29.1 Å². The summed E-state index contributed by atoms with van der Waals surface area (Å²) in [6, 6.07) is 12.7. The molecule has 0 aliphatic rings.